The fourth-order valence-corrected chi connectivity index (χ4v) is 6.88. The van der Waals surface area contributed by atoms with Crippen LogP contribution in [0.15, 0.2) is 42.6 Å². The molecular formula is C24H29ClFN3O3S. The third-order valence-electron chi connectivity index (χ3n) is 6.12. The Morgan fingerprint density at radius 2 is 1.85 bits per heavy atom. The largest absolute Gasteiger partial charge is 0.490 e. The second kappa shape index (κ2) is 9.60. The second-order valence-corrected chi connectivity index (χ2v) is 11.7. The summed E-state index contributed by atoms with van der Waals surface area (Å²) in [5.74, 6) is 0.946. The van der Waals surface area contributed by atoms with Gasteiger partial charge < -0.3 is 4.74 Å². The Morgan fingerprint density at radius 3 is 2.52 bits per heavy atom. The molecule has 0 bridgehead atoms. The van der Waals surface area contributed by atoms with E-state index in [1.807, 2.05) is 0 Å². The van der Waals surface area contributed by atoms with Crippen molar-refractivity contribution in [3.63, 3.8) is 0 Å². The summed E-state index contributed by atoms with van der Waals surface area (Å²) in [5.41, 5.74) is 1.47. The highest BCUT2D eigenvalue weighted by atomic mass is 35.5. The Bertz CT molecular complexity index is 1220. The van der Waals surface area contributed by atoms with Crippen molar-refractivity contribution >= 4 is 32.5 Å². The molecule has 4 rings (SSSR count). The van der Waals surface area contributed by atoms with Crippen LogP contribution in [-0.2, 0) is 10.0 Å². The minimum atomic E-state index is -3.43. The van der Waals surface area contributed by atoms with Gasteiger partial charge in [0.25, 0.3) is 0 Å². The molecule has 33 heavy (non-hydrogen) atoms. The second-order valence-electron chi connectivity index (χ2n) is 9.29. The molecule has 2 unspecified atom stereocenters. The lowest BCUT2D eigenvalue weighted by Crippen LogP contribution is -2.44. The van der Waals surface area contributed by atoms with E-state index in [9.17, 15) is 12.8 Å². The number of fused-ring (bicyclic) bond motifs is 1. The van der Waals surface area contributed by atoms with E-state index in [4.69, 9.17) is 16.3 Å². The van der Waals surface area contributed by atoms with Crippen LogP contribution in [0.5, 0.6) is 5.75 Å². The molecule has 1 saturated carbocycles. The highest BCUT2D eigenvalue weighted by Crippen LogP contribution is 2.33. The van der Waals surface area contributed by atoms with Crippen molar-refractivity contribution in [2.75, 3.05) is 6.61 Å². The first-order valence-electron chi connectivity index (χ1n) is 11.2. The Balaban J connectivity index is 1.43. The molecule has 1 fully saturated rings. The predicted octanol–water partition coefficient (Wildman–Crippen LogP) is 5.33. The van der Waals surface area contributed by atoms with Gasteiger partial charge in [0.1, 0.15) is 18.2 Å². The molecule has 1 aliphatic carbocycles. The number of ether oxygens (including phenoxy) is 1. The van der Waals surface area contributed by atoms with E-state index in [1.54, 1.807) is 42.1 Å². The predicted molar refractivity (Wildman–Crippen MR) is 129 cm³/mol. The molecule has 6 nitrogen and oxygen atoms in total. The summed E-state index contributed by atoms with van der Waals surface area (Å²) in [6.45, 7) is 6.16. The van der Waals surface area contributed by atoms with Crippen molar-refractivity contribution in [1.82, 2.24) is 14.5 Å². The summed E-state index contributed by atoms with van der Waals surface area (Å²) >= 11 is 6.45. The van der Waals surface area contributed by atoms with E-state index in [0.717, 1.165) is 17.3 Å². The van der Waals surface area contributed by atoms with Gasteiger partial charge in [-0.25, -0.2) is 22.2 Å². The minimum Gasteiger partial charge on any atom is -0.490 e. The van der Waals surface area contributed by atoms with Crippen LogP contribution in [-0.4, -0.2) is 36.1 Å². The van der Waals surface area contributed by atoms with Crippen LogP contribution in [0.25, 0.3) is 16.6 Å². The zero-order valence-electron chi connectivity index (χ0n) is 19.0. The maximum atomic E-state index is 13.2. The van der Waals surface area contributed by atoms with Crippen molar-refractivity contribution in [1.29, 1.82) is 0 Å². The van der Waals surface area contributed by atoms with Crippen LogP contribution in [0.3, 0.4) is 0 Å². The molecule has 4 atom stereocenters. The average Bonchev–Trinajstić information content (AvgIpc) is 3.14. The third-order valence-corrected chi connectivity index (χ3v) is 8.41. The van der Waals surface area contributed by atoms with E-state index in [2.05, 4.69) is 23.7 Å². The van der Waals surface area contributed by atoms with E-state index in [1.165, 1.54) is 12.1 Å². The maximum absolute atomic E-state index is 13.2. The SMILES string of the molecule is CC1CC(S(=O)(=O)N[C@@H](C)COc2cc3cnn(-c4ccc(F)cc4)c3cc2Cl)C[C@H](C)C1. The monoisotopic (exact) mass is 493 g/mol. The molecule has 9 heteroatoms. The van der Waals surface area contributed by atoms with Gasteiger partial charge >= 0.3 is 0 Å². The van der Waals surface area contributed by atoms with Crippen LogP contribution in [0, 0.1) is 17.7 Å². The molecule has 0 saturated heterocycles. The number of hydrogen-bond acceptors (Lipinski definition) is 4. The number of nitrogens with one attached hydrogen (secondary N) is 1. The van der Waals surface area contributed by atoms with Gasteiger partial charge in [0.15, 0.2) is 0 Å². The minimum absolute atomic E-state index is 0.147. The smallest absolute Gasteiger partial charge is 0.214 e. The van der Waals surface area contributed by atoms with E-state index in [-0.39, 0.29) is 17.7 Å². The van der Waals surface area contributed by atoms with Crippen molar-refractivity contribution in [2.24, 2.45) is 11.8 Å². The van der Waals surface area contributed by atoms with Crippen LogP contribution >= 0.6 is 11.6 Å². The average molecular weight is 494 g/mol. The van der Waals surface area contributed by atoms with Crippen molar-refractivity contribution in [2.45, 2.75) is 51.3 Å². The van der Waals surface area contributed by atoms with Gasteiger partial charge in [0.2, 0.25) is 10.0 Å². The molecular weight excluding hydrogens is 465 g/mol. The standard InChI is InChI=1S/C24H29ClFN3O3S/c1-15-8-16(2)10-21(9-15)33(30,31)28-17(3)14-32-24-11-18-13-27-29(23(18)12-22(24)25)20-6-4-19(26)5-7-20/h4-7,11-13,15-17,21,28H,8-10,14H2,1-3H3/t15-,16?,17+,21?/m1/s1. The van der Waals surface area contributed by atoms with E-state index < -0.39 is 16.1 Å². The normalized spacial score (nSPS) is 22.4. The van der Waals surface area contributed by atoms with Crippen LogP contribution in [0.2, 0.25) is 5.02 Å². The summed E-state index contributed by atoms with van der Waals surface area (Å²) in [6, 6.07) is 9.14. The lowest BCUT2D eigenvalue weighted by Gasteiger charge is -2.31. The molecule has 178 valence electrons. The summed E-state index contributed by atoms with van der Waals surface area (Å²) in [5, 5.41) is 5.20. The third kappa shape index (κ3) is 5.50. The van der Waals surface area contributed by atoms with Gasteiger partial charge in [-0.3, -0.25) is 0 Å². The number of benzene rings is 2. The van der Waals surface area contributed by atoms with Gasteiger partial charge in [-0.15, -0.1) is 0 Å². The van der Waals surface area contributed by atoms with Crippen molar-refractivity contribution < 1.29 is 17.5 Å². The molecule has 2 aromatic carbocycles. The summed E-state index contributed by atoms with van der Waals surface area (Å²) in [6.07, 6.45) is 4.13. The first kappa shape index (κ1) is 24.0. The summed E-state index contributed by atoms with van der Waals surface area (Å²) < 4.78 is 49.3. The van der Waals surface area contributed by atoms with Crippen LogP contribution < -0.4 is 9.46 Å². The maximum Gasteiger partial charge on any atom is 0.214 e. The summed E-state index contributed by atoms with van der Waals surface area (Å²) in [7, 11) is -3.43. The Labute approximate surface area is 199 Å². The number of sulfonamides is 1. The fraction of sp³-hybridized carbons (Fsp3) is 0.458. The lowest BCUT2D eigenvalue weighted by molar-refractivity contribution is 0.281. The van der Waals surface area contributed by atoms with Gasteiger partial charge in [0, 0.05) is 5.39 Å². The number of nitrogens with zero attached hydrogens (tertiary/aromatic N) is 2. The fourth-order valence-electron chi connectivity index (χ4n) is 4.68. The lowest BCUT2D eigenvalue weighted by atomic mass is 9.83. The van der Waals surface area contributed by atoms with Gasteiger partial charge in [0.05, 0.1) is 33.7 Å². The number of hydrogen-bond donors (Lipinski definition) is 1. The van der Waals surface area contributed by atoms with Gasteiger partial charge in [-0.1, -0.05) is 25.4 Å². The molecule has 1 aromatic heterocycles. The molecule has 0 radical (unpaired) electrons. The number of rotatable bonds is 7. The molecule has 1 heterocycles. The zero-order valence-corrected chi connectivity index (χ0v) is 20.5. The van der Waals surface area contributed by atoms with Crippen molar-refractivity contribution in [3.8, 4) is 11.4 Å². The van der Waals surface area contributed by atoms with E-state index >= 15 is 0 Å². The zero-order chi connectivity index (χ0) is 23.8. The Morgan fingerprint density at radius 1 is 1.18 bits per heavy atom. The topological polar surface area (TPSA) is 73.2 Å². The highest BCUT2D eigenvalue weighted by Gasteiger charge is 2.34. The van der Waals surface area contributed by atoms with E-state index in [0.29, 0.717) is 41.1 Å². The summed E-state index contributed by atoms with van der Waals surface area (Å²) in [4.78, 5) is 0. The van der Waals surface area contributed by atoms with Gasteiger partial charge in [-0.2, -0.15) is 5.10 Å². The highest BCUT2D eigenvalue weighted by molar-refractivity contribution is 7.90. The quantitative estimate of drug-likeness (QED) is 0.483. The van der Waals surface area contributed by atoms with Crippen molar-refractivity contribution in [3.05, 3.63) is 53.4 Å². The first-order valence-corrected chi connectivity index (χ1v) is 13.1. The van der Waals surface area contributed by atoms with Crippen LogP contribution in [0.4, 0.5) is 4.39 Å². The molecule has 0 aliphatic heterocycles. The molecule has 0 spiro atoms. The Hall–Kier alpha value is -2.16. The van der Waals surface area contributed by atoms with Gasteiger partial charge in [-0.05, 0) is 74.4 Å². The number of halogens is 2. The number of aromatic nitrogens is 2. The molecule has 3 aromatic rings. The molecule has 1 aliphatic rings. The Kier molecular flexibility index (Phi) is 6.98. The molecule has 1 N–H and O–H groups in total. The first-order chi connectivity index (χ1) is 15.6. The van der Waals surface area contributed by atoms with Crippen LogP contribution in [0.1, 0.15) is 40.0 Å². The molecule has 0 amide bonds.